The summed E-state index contributed by atoms with van der Waals surface area (Å²) in [5, 5.41) is 7.86. The summed E-state index contributed by atoms with van der Waals surface area (Å²) < 4.78 is 10.0. The third-order valence-corrected chi connectivity index (χ3v) is 10.9. The van der Waals surface area contributed by atoms with Crippen LogP contribution in [0.1, 0.15) is 0 Å². The van der Waals surface area contributed by atoms with Crippen LogP contribution in [0.15, 0.2) is 152 Å². The van der Waals surface area contributed by atoms with Crippen LogP contribution >= 0.6 is 11.3 Å². The smallest absolute Gasteiger partial charge is 0.0562 e. The minimum atomic E-state index is 1.17. The molecule has 0 atom stereocenters. The first-order valence-electron chi connectivity index (χ1n) is 15.7. The second-order valence-corrected chi connectivity index (χ2v) is 13.2. The van der Waals surface area contributed by atoms with Crippen molar-refractivity contribution in [3.63, 3.8) is 0 Å². The van der Waals surface area contributed by atoms with E-state index in [0.717, 1.165) is 0 Å². The maximum atomic E-state index is 2.49. The highest BCUT2D eigenvalue weighted by atomic mass is 32.1. The van der Waals surface area contributed by atoms with Crippen molar-refractivity contribution < 1.29 is 0 Å². The van der Waals surface area contributed by atoms with Crippen LogP contribution in [0.4, 0.5) is 0 Å². The van der Waals surface area contributed by atoms with Crippen molar-refractivity contribution in [2.24, 2.45) is 0 Å². The van der Waals surface area contributed by atoms with Gasteiger partial charge in [0.25, 0.3) is 0 Å². The number of fused-ring (bicyclic) bond motifs is 3. The molecule has 0 aliphatic heterocycles. The molecule has 3 nitrogen and oxygen atoms in total. The molecule has 0 saturated carbocycles. The predicted octanol–water partition coefficient (Wildman–Crippen LogP) is 11.6. The van der Waals surface area contributed by atoms with Crippen LogP contribution in [-0.4, -0.2) is 13.7 Å². The highest BCUT2D eigenvalue weighted by molar-refractivity contribution is 7.26. The number of hydrogen-bond acceptors (Lipinski definition) is 1. The van der Waals surface area contributed by atoms with Gasteiger partial charge < -0.3 is 13.7 Å². The molecule has 4 aromatic heterocycles. The number of benzene rings is 7. The van der Waals surface area contributed by atoms with Crippen molar-refractivity contribution in [2.45, 2.75) is 0 Å². The van der Waals surface area contributed by atoms with Gasteiger partial charge in [-0.25, -0.2) is 0 Å². The van der Waals surface area contributed by atoms with E-state index in [4.69, 9.17) is 0 Å². The Labute approximate surface area is 267 Å². The van der Waals surface area contributed by atoms with Gasteiger partial charge in [-0.3, -0.25) is 0 Å². The first-order chi connectivity index (χ1) is 22.8. The molecule has 0 amide bonds. The van der Waals surface area contributed by atoms with Gasteiger partial charge in [0, 0.05) is 58.8 Å². The number of thiophene rings is 1. The van der Waals surface area contributed by atoms with Crippen molar-refractivity contribution in [2.75, 3.05) is 0 Å². The fraction of sp³-hybridized carbons (Fsp3) is 0. The number of hydrogen-bond donors (Lipinski definition) is 0. The van der Waals surface area contributed by atoms with Gasteiger partial charge in [0.05, 0.1) is 33.1 Å². The van der Waals surface area contributed by atoms with Gasteiger partial charge in [-0.15, -0.1) is 11.3 Å². The minimum absolute atomic E-state index is 1.17. The minimum Gasteiger partial charge on any atom is -0.309 e. The molecule has 0 unspecified atom stereocenters. The molecule has 4 heteroatoms. The number of aromatic nitrogens is 3. The third kappa shape index (κ3) is 3.06. The van der Waals surface area contributed by atoms with E-state index in [1.165, 1.54) is 91.9 Å². The number of rotatable bonds is 3. The van der Waals surface area contributed by atoms with Crippen LogP contribution in [-0.2, 0) is 0 Å². The summed E-state index contributed by atoms with van der Waals surface area (Å²) in [6, 6.07) is 55.5. The van der Waals surface area contributed by atoms with E-state index in [1.54, 1.807) is 0 Å². The van der Waals surface area contributed by atoms with Crippen molar-refractivity contribution in [1.82, 2.24) is 13.7 Å². The van der Waals surface area contributed by atoms with Gasteiger partial charge in [0.2, 0.25) is 0 Å². The number of para-hydroxylation sites is 3. The predicted molar refractivity (Wildman–Crippen MR) is 196 cm³/mol. The van der Waals surface area contributed by atoms with E-state index in [9.17, 15) is 0 Å². The van der Waals surface area contributed by atoms with Gasteiger partial charge >= 0.3 is 0 Å². The topological polar surface area (TPSA) is 14.8 Å². The Balaban J connectivity index is 1.31. The van der Waals surface area contributed by atoms with Crippen LogP contribution in [0.2, 0.25) is 0 Å². The standard InChI is InChI=1S/C42H25N3S/c1-3-11-26(12-4-1)43-31-16-8-7-15-29(31)30-25-28(21-22-32(30)43)45-34-18-9-17-33-39(34)41-36(45)23-24-38-42(41)40-35(19-10-20-37(40)46-38)44(33)27-13-5-2-6-14-27/h1-25H. The molecule has 11 aromatic rings. The Morgan fingerprint density at radius 2 is 0.826 bits per heavy atom. The van der Waals surface area contributed by atoms with Gasteiger partial charge in [-0.05, 0) is 84.9 Å². The van der Waals surface area contributed by atoms with Crippen LogP contribution < -0.4 is 0 Å². The molecule has 11 rings (SSSR count). The Bertz CT molecular complexity index is 2950. The van der Waals surface area contributed by atoms with Gasteiger partial charge in [-0.1, -0.05) is 66.7 Å². The summed E-state index contributed by atoms with van der Waals surface area (Å²) in [4.78, 5) is 0. The largest absolute Gasteiger partial charge is 0.309 e. The number of nitrogens with zero attached hydrogens (tertiary/aromatic N) is 3. The van der Waals surface area contributed by atoms with E-state index >= 15 is 0 Å². The first-order valence-corrected chi connectivity index (χ1v) is 16.5. The van der Waals surface area contributed by atoms with E-state index in [1.807, 2.05) is 11.3 Å². The van der Waals surface area contributed by atoms with Crippen LogP contribution in [0, 0.1) is 0 Å². The zero-order valence-electron chi connectivity index (χ0n) is 24.7. The fourth-order valence-corrected chi connectivity index (χ4v) is 9.15. The van der Waals surface area contributed by atoms with Gasteiger partial charge in [0.15, 0.2) is 0 Å². The van der Waals surface area contributed by atoms with Crippen molar-refractivity contribution in [3.05, 3.63) is 152 Å². The second kappa shape index (κ2) is 8.87. The maximum absolute atomic E-state index is 2.49. The van der Waals surface area contributed by atoms with Crippen LogP contribution in [0.25, 0.3) is 91.9 Å². The Hall–Kier alpha value is -5.84. The van der Waals surface area contributed by atoms with Crippen LogP contribution in [0.3, 0.4) is 0 Å². The average molecular weight is 604 g/mol. The molecule has 0 radical (unpaired) electrons. The van der Waals surface area contributed by atoms with Gasteiger partial charge in [-0.2, -0.15) is 0 Å². The lowest BCUT2D eigenvalue weighted by molar-refractivity contribution is 1.16. The monoisotopic (exact) mass is 603 g/mol. The molecule has 46 heavy (non-hydrogen) atoms. The molecule has 0 spiro atoms. The third-order valence-electron chi connectivity index (χ3n) is 9.80. The van der Waals surface area contributed by atoms with Crippen molar-refractivity contribution >= 4 is 86.2 Å². The zero-order valence-corrected chi connectivity index (χ0v) is 25.5. The van der Waals surface area contributed by atoms with E-state index in [0.29, 0.717) is 0 Å². The molecule has 0 fully saturated rings. The summed E-state index contributed by atoms with van der Waals surface area (Å²) in [6.07, 6.45) is 0. The normalized spacial score (nSPS) is 12.3. The van der Waals surface area contributed by atoms with Crippen LogP contribution in [0.5, 0.6) is 0 Å². The van der Waals surface area contributed by atoms with Crippen molar-refractivity contribution in [3.8, 4) is 17.1 Å². The summed E-state index contributed by atoms with van der Waals surface area (Å²) in [5.74, 6) is 0. The molecule has 0 aliphatic rings. The Morgan fingerprint density at radius 3 is 1.59 bits per heavy atom. The van der Waals surface area contributed by atoms with Crippen molar-refractivity contribution in [1.29, 1.82) is 0 Å². The Kier molecular flexibility index (Phi) is 4.72. The molecule has 7 aromatic carbocycles. The molecule has 0 aliphatic carbocycles. The highest BCUT2D eigenvalue weighted by Gasteiger charge is 2.24. The summed E-state index contributed by atoms with van der Waals surface area (Å²) >= 11 is 1.90. The van der Waals surface area contributed by atoms with Gasteiger partial charge in [0.1, 0.15) is 0 Å². The highest BCUT2D eigenvalue weighted by Crippen LogP contribution is 2.48. The SMILES string of the molecule is c1ccc(-n2c3ccccc3c3cc(-n4c5ccc6sc7cccc8c7c6c5c5c(cccc54)n8-c4ccccc4)ccc32)cc1. The molecule has 0 saturated heterocycles. The summed E-state index contributed by atoms with van der Waals surface area (Å²) in [5.41, 5.74) is 10.9. The summed E-state index contributed by atoms with van der Waals surface area (Å²) in [6.45, 7) is 0. The van der Waals surface area contributed by atoms with E-state index < -0.39 is 0 Å². The molecular weight excluding hydrogens is 579 g/mol. The van der Waals surface area contributed by atoms with E-state index in [-0.39, 0.29) is 0 Å². The maximum Gasteiger partial charge on any atom is 0.0562 e. The molecular formula is C42H25N3S. The lowest BCUT2D eigenvalue weighted by Crippen LogP contribution is -1.98. The lowest BCUT2D eigenvalue weighted by atomic mass is 10.1. The summed E-state index contributed by atoms with van der Waals surface area (Å²) in [7, 11) is 0. The fourth-order valence-electron chi connectivity index (χ4n) is 8.01. The zero-order chi connectivity index (χ0) is 29.9. The quantitative estimate of drug-likeness (QED) is 0.191. The average Bonchev–Trinajstić information content (AvgIpc) is 3.74. The molecule has 0 N–H and O–H groups in total. The van der Waals surface area contributed by atoms with E-state index in [2.05, 4.69) is 165 Å². The molecule has 4 heterocycles. The first kappa shape index (κ1) is 24.5. The Morgan fingerprint density at radius 1 is 0.304 bits per heavy atom. The second-order valence-electron chi connectivity index (χ2n) is 12.2. The molecule has 0 bridgehead atoms. The lowest BCUT2D eigenvalue weighted by Gasteiger charge is -2.13. The molecule has 214 valence electrons.